The molecule has 8 nitrogen and oxygen atoms in total. The van der Waals surface area contributed by atoms with Gasteiger partial charge in [-0.3, -0.25) is 14.8 Å². The molecule has 400 valence electrons. The summed E-state index contributed by atoms with van der Waals surface area (Å²) in [6.45, 7) is 20.8. The molecule has 8 heteroatoms. The SMILES string of the molecule is CCC(CC)(c1ccc(/C=C/C2(O)CCCC2)c(C)c1)c1ccc(-c2ccc(COC=O)cn2)c(C)c1.CCCc1ccc(-c2ccc(C(CC)(CC)c3ccc(/C=C/C4(O)CCCC4)c(C)c3)cc2C)nc1.O=C=O. The fraction of sp³-hybridized carbons (Fsp3) is 0.412. The van der Waals surface area contributed by atoms with Crippen molar-refractivity contribution >= 4 is 24.8 Å². The monoisotopic (exact) mass is 1020 g/mol. The number of ether oxygens (including phenoxy) is 1. The lowest BCUT2D eigenvalue weighted by Gasteiger charge is -2.34. The lowest BCUT2D eigenvalue weighted by molar-refractivity contribution is -0.191. The highest BCUT2D eigenvalue weighted by molar-refractivity contribution is 5.67. The van der Waals surface area contributed by atoms with Crippen molar-refractivity contribution < 1.29 is 29.3 Å². The summed E-state index contributed by atoms with van der Waals surface area (Å²) in [5.74, 6) is 0. The number of carbonyl (C=O) groups excluding carboxylic acids is 3. The van der Waals surface area contributed by atoms with E-state index in [0.29, 0.717) is 6.47 Å². The zero-order chi connectivity index (χ0) is 54.9. The van der Waals surface area contributed by atoms with Gasteiger partial charge in [-0.25, -0.2) is 0 Å². The maximum Gasteiger partial charge on any atom is 0.373 e. The molecule has 2 heterocycles. The Labute approximate surface area is 453 Å². The number of aliphatic hydroxyl groups is 2. The number of benzene rings is 4. The van der Waals surface area contributed by atoms with Gasteiger partial charge in [0.1, 0.15) is 6.61 Å². The molecule has 8 rings (SSSR count). The summed E-state index contributed by atoms with van der Waals surface area (Å²) in [7, 11) is 0. The molecule has 0 amide bonds. The molecule has 76 heavy (non-hydrogen) atoms. The third kappa shape index (κ3) is 13.9. The smallest absolute Gasteiger partial charge is 0.373 e. The van der Waals surface area contributed by atoms with E-state index in [0.717, 1.165) is 112 Å². The van der Waals surface area contributed by atoms with Crippen LogP contribution >= 0.6 is 0 Å². The minimum Gasteiger partial charge on any atom is -0.463 e. The second-order valence-corrected chi connectivity index (χ2v) is 21.4. The largest absolute Gasteiger partial charge is 0.463 e. The third-order valence-corrected chi connectivity index (χ3v) is 16.8. The number of carbonyl (C=O) groups is 1. The van der Waals surface area contributed by atoms with Gasteiger partial charge in [-0.15, -0.1) is 0 Å². The highest BCUT2D eigenvalue weighted by atomic mass is 16.5. The van der Waals surface area contributed by atoms with Crippen molar-refractivity contribution in [1.29, 1.82) is 0 Å². The Morgan fingerprint density at radius 1 is 0.539 bits per heavy atom. The van der Waals surface area contributed by atoms with E-state index in [9.17, 15) is 15.0 Å². The number of aryl methyl sites for hydroxylation is 5. The van der Waals surface area contributed by atoms with Crippen LogP contribution in [-0.4, -0.2) is 44.0 Å². The topological polar surface area (TPSA) is 127 Å². The first-order valence-electron chi connectivity index (χ1n) is 27.8. The van der Waals surface area contributed by atoms with Crippen molar-refractivity contribution in [3.05, 3.63) is 188 Å². The zero-order valence-corrected chi connectivity index (χ0v) is 46.8. The van der Waals surface area contributed by atoms with Crippen molar-refractivity contribution in [2.24, 2.45) is 0 Å². The van der Waals surface area contributed by atoms with E-state index in [2.05, 4.69) is 164 Å². The van der Waals surface area contributed by atoms with Crippen LogP contribution in [0.1, 0.15) is 185 Å². The molecular weight excluding hydrogens is 941 g/mol. The molecule has 0 bridgehead atoms. The molecule has 0 saturated heterocycles. The Morgan fingerprint density at radius 2 is 0.908 bits per heavy atom. The normalized spacial score (nSPS) is 14.9. The molecule has 0 radical (unpaired) electrons. The molecule has 2 aliphatic rings. The number of aromatic nitrogens is 2. The molecule has 6 aromatic rings. The Bertz CT molecular complexity index is 2940. The van der Waals surface area contributed by atoms with Gasteiger partial charge in [0.25, 0.3) is 6.47 Å². The van der Waals surface area contributed by atoms with Crippen LogP contribution in [0.4, 0.5) is 0 Å². The second kappa shape index (κ2) is 27.0. The van der Waals surface area contributed by atoms with Crippen molar-refractivity contribution in [1.82, 2.24) is 9.97 Å². The second-order valence-electron chi connectivity index (χ2n) is 21.4. The van der Waals surface area contributed by atoms with E-state index < -0.39 is 11.2 Å². The molecule has 2 aromatic heterocycles. The van der Waals surface area contributed by atoms with Gasteiger partial charge in [-0.05, 0) is 159 Å². The molecule has 0 aliphatic heterocycles. The van der Waals surface area contributed by atoms with Gasteiger partial charge < -0.3 is 14.9 Å². The average Bonchev–Trinajstić information content (AvgIpc) is 4.09. The first-order valence-corrected chi connectivity index (χ1v) is 27.8. The first kappa shape index (κ1) is 58.7. The van der Waals surface area contributed by atoms with Crippen molar-refractivity contribution in [2.45, 2.75) is 181 Å². The maximum absolute atomic E-state index is 10.7. The molecule has 2 saturated carbocycles. The van der Waals surface area contributed by atoms with Crippen LogP contribution in [0, 0.1) is 27.7 Å². The highest BCUT2D eigenvalue weighted by Crippen LogP contribution is 2.43. The van der Waals surface area contributed by atoms with E-state index in [1.807, 2.05) is 30.5 Å². The number of rotatable bonds is 19. The minimum absolute atomic E-state index is 0.0294. The lowest BCUT2D eigenvalue weighted by Crippen LogP contribution is -2.26. The van der Waals surface area contributed by atoms with Crippen molar-refractivity contribution in [3.8, 4) is 22.5 Å². The van der Waals surface area contributed by atoms with Crippen LogP contribution in [0.3, 0.4) is 0 Å². The van der Waals surface area contributed by atoms with E-state index in [1.165, 1.54) is 66.8 Å². The molecule has 2 N–H and O–H groups in total. The van der Waals surface area contributed by atoms with Gasteiger partial charge >= 0.3 is 6.15 Å². The van der Waals surface area contributed by atoms with Crippen LogP contribution in [-0.2, 0) is 43.0 Å². The minimum atomic E-state index is -0.639. The molecular formula is C68H82N2O6. The van der Waals surface area contributed by atoms with E-state index in [1.54, 1.807) is 6.20 Å². The molecule has 0 spiro atoms. The van der Waals surface area contributed by atoms with Crippen molar-refractivity contribution in [3.63, 3.8) is 0 Å². The molecule has 0 unspecified atom stereocenters. The summed E-state index contributed by atoms with van der Waals surface area (Å²) in [5.41, 5.74) is 17.8. The quantitative estimate of drug-likeness (QED) is 0.0768. The van der Waals surface area contributed by atoms with Gasteiger partial charge in [0.05, 0.1) is 22.6 Å². The third-order valence-electron chi connectivity index (χ3n) is 16.8. The Balaban J connectivity index is 0.000000235. The van der Waals surface area contributed by atoms with Gasteiger partial charge in [-0.1, -0.05) is 176 Å². The van der Waals surface area contributed by atoms with Crippen LogP contribution in [0.15, 0.2) is 122 Å². The van der Waals surface area contributed by atoms with Crippen LogP contribution in [0.2, 0.25) is 0 Å². The Hall–Kier alpha value is -6.57. The number of hydrogen-bond acceptors (Lipinski definition) is 8. The molecule has 4 aromatic carbocycles. The summed E-state index contributed by atoms with van der Waals surface area (Å²) in [4.78, 5) is 36.1. The summed E-state index contributed by atoms with van der Waals surface area (Å²) >= 11 is 0. The molecule has 2 fully saturated rings. The Morgan fingerprint density at radius 3 is 1.22 bits per heavy atom. The number of pyridine rings is 2. The van der Waals surface area contributed by atoms with Crippen molar-refractivity contribution in [2.75, 3.05) is 0 Å². The zero-order valence-electron chi connectivity index (χ0n) is 46.8. The predicted octanol–water partition coefficient (Wildman–Crippen LogP) is 15.6. The number of nitrogens with zero attached hydrogens (tertiary/aromatic N) is 2. The molecule has 0 atom stereocenters. The van der Waals surface area contributed by atoms with E-state index in [-0.39, 0.29) is 23.6 Å². The number of hydrogen-bond donors (Lipinski definition) is 2. The standard InChI is InChI=1S/C34H43NO.C33H39NO3.CO2/c1-6-11-27-12-17-32(35-24-27)31-16-15-30(23-26(31)5)34(7-2,8-3)29-14-13-28(25(4)22-29)18-21-33(36)19-9-10-20-33;1-5-33(6-2,28-11-10-27(24(3)19-28)15-18-32(36)16-7-8-17-32)29-12-13-30(25(4)20-29)31-14-9-26(21-34-31)22-37-23-35;2-1-3/h12-18,21-24,36H,6-11,19-20H2,1-5H3;9-15,18-21,23,36H,5-8,16-17,22H2,1-4H3;/b21-18+;18-15+;. The van der Waals surface area contributed by atoms with Gasteiger partial charge in [0.2, 0.25) is 0 Å². The summed E-state index contributed by atoms with van der Waals surface area (Å²) in [5, 5.41) is 21.5. The van der Waals surface area contributed by atoms with Gasteiger partial charge in [0, 0.05) is 39.9 Å². The average molecular weight is 1020 g/mol. The Kier molecular flexibility index (Phi) is 20.8. The highest BCUT2D eigenvalue weighted by Gasteiger charge is 2.34. The van der Waals surface area contributed by atoms with Gasteiger partial charge in [0.15, 0.2) is 0 Å². The van der Waals surface area contributed by atoms with Gasteiger partial charge in [-0.2, -0.15) is 9.59 Å². The molecule has 2 aliphatic carbocycles. The predicted molar refractivity (Wildman–Crippen MR) is 309 cm³/mol. The summed E-state index contributed by atoms with van der Waals surface area (Å²) in [6, 6.07) is 35.7. The van der Waals surface area contributed by atoms with E-state index in [4.69, 9.17) is 19.3 Å². The van der Waals surface area contributed by atoms with Crippen LogP contribution < -0.4 is 0 Å². The van der Waals surface area contributed by atoms with E-state index >= 15 is 0 Å². The maximum atomic E-state index is 10.7. The fourth-order valence-electron chi connectivity index (χ4n) is 11.9. The fourth-order valence-corrected chi connectivity index (χ4v) is 11.9. The van der Waals surface area contributed by atoms with Crippen LogP contribution in [0.5, 0.6) is 0 Å². The summed E-state index contributed by atoms with van der Waals surface area (Å²) < 4.78 is 4.83. The van der Waals surface area contributed by atoms with Crippen LogP contribution in [0.25, 0.3) is 34.7 Å². The first-order chi connectivity index (χ1) is 36.6. The summed E-state index contributed by atoms with van der Waals surface area (Å²) in [6.07, 6.45) is 26.5. The lowest BCUT2D eigenvalue weighted by atomic mass is 9.69.